The first-order chi connectivity index (χ1) is 17.0. The number of aliphatic hydroxyl groups is 1. The van der Waals surface area contributed by atoms with Gasteiger partial charge < -0.3 is 14.7 Å². The van der Waals surface area contributed by atoms with E-state index < -0.39 is 5.60 Å². The van der Waals surface area contributed by atoms with Crippen molar-refractivity contribution in [3.63, 3.8) is 0 Å². The highest BCUT2D eigenvalue weighted by molar-refractivity contribution is 5.70. The number of rotatable bonds is 5. The predicted molar refractivity (Wildman–Crippen MR) is 134 cm³/mol. The van der Waals surface area contributed by atoms with Gasteiger partial charge in [0.1, 0.15) is 6.61 Å². The van der Waals surface area contributed by atoms with Gasteiger partial charge in [-0.25, -0.2) is 4.79 Å². The lowest BCUT2D eigenvalue weighted by Gasteiger charge is -2.51. The van der Waals surface area contributed by atoms with Crippen molar-refractivity contribution in [1.82, 2.24) is 4.90 Å². The normalized spacial score (nSPS) is 23.4. The standard InChI is InChI=1S/C30H30N2O3/c31-20-25-9-4-5-12-28(25)24-15-13-22(14-16-24)17-30(34)18-26-10-6-11-27(19-30)32(26)29(33)35-21-23-7-2-1-3-8-23/h1-5,7-9,12-16,26-27,34H,6,10-11,17-19,21H2. The van der Waals surface area contributed by atoms with Crippen molar-refractivity contribution < 1.29 is 14.6 Å². The highest BCUT2D eigenvalue weighted by atomic mass is 16.6. The van der Waals surface area contributed by atoms with Crippen LogP contribution >= 0.6 is 0 Å². The number of carbonyl (C=O) groups is 1. The molecule has 178 valence electrons. The summed E-state index contributed by atoms with van der Waals surface area (Å²) in [5.41, 5.74) is 3.74. The van der Waals surface area contributed by atoms with E-state index in [1.165, 1.54) is 0 Å². The number of benzene rings is 3. The Bertz CT molecular complexity index is 1200. The average Bonchev–Trinajstić information content (AvgIpc) is 2.87. The Balaban J connectivity index is 1.26. The maximum absolute atomic E-state index is 13.0. The fraction of sp³-hybridized carbons (Fsp3) is 0.333. The van der Waals surface area contributed by atoms with Crippen LogP contribution in [0.25, 0.3) is 11.1 Å². The number of amides is 1. The molecule has 5 heteroatoms. The molecule has 2 bridgehead atoms. The summed E-state index contributed by atoms with van der Waals surface area (Å²) in [4.78, 5) is 14.9. The molecule has 2 aliphatic heterocycles. The predicted octanol–water partition coefficient (Wildman–Crippen LogP) is 5.85. The number of carbonyl (C=O) groups excluding carboxylic acids is 1. The topological polar surface area (TPSA) is 73.6 Å². The second-order valence-corrected chi connectivity index (χ2v) is 9.85. The van der Waals surface area contributed by atoms with Gasteiger partial charge in [-0.15, -0.1) is 0 Å². The van der Waals surface area contributed by atoms with Crippen molar-refractivity contribution in [2.45, 2.75) is 62.8 Å². The van der Waals surface area contributed by atoms with E-state index in [1.54, 1.807) is 0 Å². The Morgan fingerprint density at radius 3 is 2.29 bits per heavy atom. The first-order valence-electron chi connectivity index (χ1n) is 12.3. The van der Waals surface area contributed by atoms with Crippen molar-refractivity contribution in [1.29, 1.82) is 5.26 Å². The Morgan fingerprint density at radius 1 is 0.943 bits per heavy atom. The number of hydrogen-bond donors (Lipinski definition) is 1. The van der Waals surface area contributed by atoms with Gasteiger partial charge in [0.2, 0.25) is 0 Å². The molecule has 2 unspecified atom stereocenters. The summed E-state index contributed by atoms with van der Waals surface area (Å²) in [7, 11) is 0. The number of fused-ring (bicyclic) bond motifs is 2. The van der Waals surface area contributed by atoms with E-state index in [9.17, 15) is 15.2 Å². The lowest BCUT2D eigenvalue weighted by molar-refractivity contribution is -0.0845. The van der Waals surface area contributed by atoms with E-state index in [0.29, 0.717) is 24.8 Å². The molecule has 1 amide bonds. The van der Waals surface area contributed by atoms with Crippen LogP contribution in [-0.2, 0) is 17.8 Å². The Labute approximate surface area is 206 Å². The van der Waals surface area contributed by atoms with Crippen LogP contribution in [0.2, 0.25) is 0 Å². The Hall–Kier alpha value is -3.62. The van der Waals surface area contributed by atoms with E-state index in [1.807, 2.05) is 83.8 Å². The van der Waals surface area contributed by atoms with E-state index in [2.05, 4.69) is 6.07 Å². The highest BCUT2D eigenvalue weighted by Gasteiger charge is 2.47. The quantitative estimate of drug-likeness (QED) is 0.512. The van der Waals surface area contributed by atoms with Crippen molar-refractivity contribution in [2.24, 2.45) is 0 Å². The van der Waals surface area contributed by atoms with Gasteiger partial charge in [0.25, 0.3) is 0 Å². The van der Waals surface area contributed by atoms with Gasteiger partial charge in [-0.3, -0.25) is 0 Å². The number of nitriles is 1. The second kappa shape index (κ2) is 9.93. The zero-order chi connectivity index (χ0) is 24.3. The monoisotopic (exact) mass is 466 g/mol. The zero-order valence-electron chi connectivity index (χ0n) is 19.8. The molecular weight excluding hydrogens is 436 g/mol. The molecule has 2 saturated heterocycles. The molecule has 1 N–H and O–H groups in total. The second-order valence-electron chi connectivity index (χ2n) is 9.85. The van der Waals surface area contributed by atoms with Gasteiger partial charge in [0.05, 0.1) is 17.2 Å². The summed E-state index contributed by atoms with van der Waals surface area (Å²) in [5, 5.41) is 21.0. The van der Waals surface area contributed by atoms with Crippen LogP contribution in [-0.4, -0.2) is 33.8 Å². The maximum atomic E-state index is 13.0. The molecule has 2 aliphatic rings. The van der Waals surface area contributed by atoms with Crippen LogP contribution < -0.4 is 0 Å². The minimum Gasteiger partial charge on any atom is -0.445 e. The zero-order valence-corrected chi connectivity index (χ0v) is 19.8. The molecule has 5 nitrogen and oxygen atoms in total. The first kappa shape index (κ1) is 23.1. The Morgan fingerprint density at radius 2 is 1.60 bits per heavy atom. The largest absolute Gasteiger partial charge is 0.445 e. The summed E-state index contributed by atoms with van der Waals surface area (Å²) in [5.74, 6) is 0. The van der Waals surface area contributed by atoms with Crippen molar-refractivity contribution in [3.05, 3.63) is 95.6 Å². The molecule has 3 aromatic carbocycles. The third-order valence-electron chi connectivity index (χ3n) is 7.35. The molecule has 0 aliphatic carbocycles. The summed E-state index contributed by atoms with van der Waals surface area (Å²) < 4.78 is 5.65. The number of ether oxygens (including phenoxy) is 1. The number of nitrogens with zero attached hydrogens (tertiary/aromatic N) is 2. The molecule has 0 spiro atoms. The SMILES string of the molecule is N#Cc1ccccc1-c1ccc(CC2(O)CC3CCCC(C2)N3C(=O)OCc2ccccc2)cc1. The third-order valence-corrected chi connectivity index (χ3v) is 7.35. The summed E-state index contributed by atoms with van der Waals surface area (Å²) >= 11 is 0. The summed E-state index contributed by atoms with van der Waals surface area (Å²) in [6.45, 7) is 0.265. The lowest BCUT2D eigenvalue weighted by Crippen LogP contribution is -2.60. The van der Waals surface area contributed by atoms with Gasteiger partial charge >= 0.3 is 6.09 Å². The minimum atomic E-state index is -0.849. The van der Waals surface area contributed by atoms with Crippen LogP contribution in [0.5, 0.6) is 0 Å². The van der Waals surface area contributed by atoms with Crippen LogP contribution in [0.3, 0.4) is 0 Å². The van der Waals surface area contributed by atoms with E-state index in [0.717, 1.165) is 41.5 Å². The van der Waals surface area contributed by atoms with Gasteiger partial charge in [0.15, 0.2) is 0 Å². The fourth-order valence-electron chi connectivity index (χ4n) is 5.78. The van der Waals surface area contributed by atoms with Gasteiger partial charge in [-0.05, 0) is 60.4 Å². The van der Waals surface area contributed by atoms with Gasteiger partial charge in [0, 0.05) is 18.5 Å². The van der Waals surface area contributed by atoms with Gasteiger partial charge in [-0.2, -0.15) is 5.26 Å². The number of hydrogen-bond acceptors (Lipinski definition) is 4. The third kappa shape index (κ3) is 5.08. The lowest BCUT2D eigenvalue weighted by atomic mass is 9.73. The van der Waals surface area contributed by atoms with Gasteiger partial charge in [-0.1, -0.05) is 72.8 Å². The maximum Gasteiger partial charge on any atom is 0.410 e. The molecular formula is C30H30N2O3. The van der Waals surface area contributed by atoms with Crippen molar-refractivity contribution in [2.75, 3.05) is 0 Å². The van der Waals surface area contributed by atoms with E-state index in [-0.39, 0.29) is 24.8 Å². The smallest absolute Gasteiger partial charge is 0.410 e. The Kier molecular flexibility index (Phi) is 6.57. The van der Waals surface area contributed by atoms with Crippen LogP contribution in [0, 0.1) is 11.3 Å². The van der Waals surface area contributed by atoms with Crippen molar-refractivity contribution in [3.8, 4) is 17.2 Å². The average molecular weight is 467 g/mol. The van der Waals surface area contributed by atoms with E-state index in [4.69, 9.17) is 4.74 Å². The molecule has 0 aromatic heterocycles. The van der Waals surface area contributed by atoms with Crippen LogP contribution in [0.1, 0.15) is 48.8 Å². The number of piperidine rings is 2. The molecule has 2 atom stereocenters. The fourth-order valence-corrected chi connectivity index (χ4v) is 5.78. The molecule has 0 radical (unpaired) electrons. The highest BCUT2D eigenvalue weighted by Crippen LogP contribution is 2.41. The summed E-state index contributed by atoms with van der Waals surface area (Å²) in [6.07, 6.45) is 4.25. The first-order valence-corrected chi connectivity index (χ1v) is 12.3. The van der Waals surface area contributed by atoms with Crippen molar-refractivity contribution >= 4 is 6.09 Å². The van der Waals surface area contributed by atoms with E-state index >= 15 is 0 Å². The van der Waals surface area contributed by atoms with Crippen LogP contribution in [0.15, 0.2) is 78.9 Å². The van der Waals surface area contributed by atoms with Crippen LogP contribution in [0.4, 0.5) is 4.79 Å². The minimum absolute atomic E-state index is 0.00227. The molecule has 35 heavy (non-hydrogen) atoms. The molecule has 5 rings (SSSR count). The summed E-state index contributed by atoms with van der Waals surface area (Å²) in [6, 6.07) is 27.7. The molecule has 2 fully saturated rings. The molecule has 3 aromatic rings. The molecule has 0 saturated carbocycles. The molecule has 2 heterocycles.